The molecule has 152 valence electrons. The average molecular weight is 427 g/mol. The van der Waals surface area contributed by atoms with Gasteiger partial charge in [-0.1, -0.05) is 0 Å². The normalized spacial score (nSPS) is 17.9. The van der Waals surface area contributed by atoms with E-state index in [9.17, 15) is 13.2 Å². The molecule has 1 aromatic heterocycles. The zero-order chi connectivity index (χ0) is 20.3. The molecule has 0 unspecified atom stereocenters. The number of ether oxygens (including phenoxy) is 3. The summed E-state index contributed by atoms with van der Waals surface area (Å²) in [6.07, 6.45) is 0.555. The lowest BCUT2D eigenvalue weighted by atomic mass is 10.2. The number of carbonyl (C=O) groups excluding carboxylic acids is 1. The van der Waals surface area contributed by atoms with E-state index in [4.69, 9.17) is 14.2 Å². The van der Waals surface area contributed by atoms with Crippen molar-refractivity contribution >= 4 is 27.1 Å². The number of nitrogens with one attached hydrogen (secondary N) is 1. The van der Waals surface area contributed by atoms with E-state index >= 15 is 0 Å². The van der Waals surface area contributed by atoms with Crippen LogP contribution in [0.25, 0.3) is 10.6 Å². The second-order valence-electron chi connectivity index (χ2n) is 6.40. The van der Waals surface area contributed by atoms with E-state index in [1.54, 1.807) is 26.4 Å². The van der Waals surface area contributed by atoms with Crippen molar-refractivity contribution in [1.82, 2.24) is 10.3 Å². The minimum atomic E-state index is -3.03. The summed E-state index contributed by atoms with van der Waals surface area (Å²) in [5.74, 6) is 1.44. The molecule has 0 radical (unpaired) electrons. The number of carbonyl (C=O) groups is 1. The molecular formula is C18H22N2O6S2. The number of sulfone groups is 1. The van der Waals surface area contributed by atoms with Gasteiger partial charge in [0.2, 0.25) is 11.7 Å². The highest BCUT2D eigenvalue weighted by molar-refractivity contribution is 7.91. The minimum Gasteiger partial charge on any atom is -0.493 e. The number of thiazole rings is 1. The number of benzene rings is 1. The number of methoxy groups -OCH3 is 3. The van der Waals surface area contributed by atoms with Crippen LogP contribution in [0.5, 0.6) is 17.2 Å². The van der Waals surface area contributed by atoms with Crippen LogP contribution in [0.2, 0.25) is 0 Å². The highest BCUT2D eigenvalue weighted by atomic mass is 32.2. The molecule has 1 N–H and O–H groups in total. The van der Waals surface area contributed by atoms with Crippen LogP contribution in [0.3, 0.4) is 0 Å². The first-order valence-corrected chi connectivity index (χ1v) is 11.3. The number of amides is 1. The SMILES string of the molecule is COc1cc(-c2nc(CC(=O)N[C@H]3CCS(=O)(=O)C3)cs2)cc(OC)c1OC. The fraction of sp³-hybridized carbons (Fsp3) is 0.444. The van der Waals surface area contributed by atoms with Crippen molar-refractivity contribution in [2.45, 2.75) is 18.9 Å². The van der Waals surface area contributed by atoms with E-state index < -0.39 is 9.84 Å². The van der Waals surface area contributed by atoms with Gasteiger partial charge in [0, 0.05) is 17.0 Å². The maximum Gasteiger partial charge on any atom is 0.226 e. The predicted molar refractivity (Wildman–Crippen MR) is 106 cm³/mol. The molecule has 1 atom stereocenters. The Bertz CT molecular complexity index is 945. The standard InChI is InChI=1S/C18H22N2O6S2/c1-24-14-6-11(7-15(25-2)17(14)26-3)18-20-13(9-27-18)8-16(21)19-12-4-5-28(22,23)10-12/h6-7,9,12H,4-5,8,10H2,1-3H3,(H,19,21)/t12-/m0/s1. The molecule has 0 bridgehead atoms. The summed E-state index contributed by atoms with van der Waals surface area (Å²) in [4.78, 5) is 16.7. The van der Waals surface area contributed by atoms with Crippen LogP contribution in [-0.4, -0.2) is 58.2 Å². The maximum absolute atomic E-state index is 12.2. The molecule has 0 aliphatic carbocycles. The number of rotatable bonds is 7. The van der Waals surface area contributed by atoms with Crippen LogP contribution in [0, 0.1) is 0 Å². The third kappa shape index (κ3) is 4.56. The quantitative estimate of drug-likeness (QED) is 0.718. The first kappa shape index (κ1) is 20.4. The van der Waals surface area contributed by atoms with Crippen molar-refractivity contribution in [1.29, 1.82) is 0 Å². The van der Waals surface area contributed by atoms with E-state index in [0.29, 0.717) is 34.4 Å². The fourth-order valence-electron chi connectivity index (χ4n) is 3.08. The number of nitrogens with zero attached hydrogens (tertiary/aromatic N) is 1. The molecule has 0 saturated carbocycles. The Balaban J connectivity index is 1.72. The predicted octanol–water partition coefficient (Wildman–Crippen LogP) is 1.68. The van der Waals surface area contributed by atoms with Crippen LogP contribution in [0.1, 0.15) is 12.1 Å². The summed E-state index contributed by atoms with van der Waals surface area (Å²) in [6.45, 7) is 0. The molecule has 2 heterocycles. The van der Waals surface area contributed by atoms with Gasteiger partial charge in [0.15, 0.2) is 21.3 Å². The summed E-state index contributed by atoms with van der Waals surface area (Å²) in [5, 5.41) is 5.30. The molecule has 8 nitrogen and oxygen atoms in total. The Hall–Kier alpha value is -2.33. The molecule has 28 heavy (non-hydrogen) atoms. The Morgan fingerprint density at radius 2 is 1.89 bits per heavy atom. The second-order valence-corrected chi connectivity index (χ2v) is 9.49. The molecule has 1 amide bonds. The zero-order valence-corrected chi connectivity index (χ0v) is 17.5. The molecule has 0 spiro atoms. The Kier molecular flexibility index (Phi) is 6.09. The topological polar surface area (TPSA) is 104 Å². The van der Waals surface area contributed by atoms with Gasteiger partial charge in [-0.2, -0.15) is 0 Å². The van der Waals surface area contributed by atoms with Crippen LogP contribution in [0.4, 0.5) is 0 Å². The van der Waals surface area contributed by atoms with Gasteiger partial charge in [0.05, 0.1) is 44.9 Å². The van der Waals surface area contributed by atoms with E-state index in [1.165, 1.54) is 18.4 Å². The molecule has 1 aromatic carbocycles. The van der Waals surface area contributed by atoms with Crippen LogP contribution >= 0.6 is 11.3 Å². The lowest BCUT2D eigenvalue weighted by molar-refractivity contribution is -0.121. The summed E-state index contributed by atoms with van der Waals surface area (Å²) in [6, 6.07) is 3.28. The van der Waals surface area contributed by atoms with E-state index in [2.05, 4.69) is 10.3 Å². The van der Waals surface area contributed by atoms with Gasteiger partial charge in [-0.15, -0.1) is 11.3 Å². The fourth-order valence-corrected chi connectivity index (χ4v) is 5.56. The summed E-state index contributed by atoms with van der Waals surface area (Å²) >= 11 is 1.40. The van der Waals surface area contributed by atoms with E-state index in [1.807, 2.05) is 5.38 Å². The van der Waals surface area contributed by atoms with E-state index in [-0.39, 0.29) is 29.9 Å². The number of aromatic nitrogens is 1. The average Bonchev–Trinajstić information content (AvgIpc) is 3.26. The van der Waals surface area contributed by atoms with Gasteiger partial charge < -0.3 is 19.5 Å². The van der Waals surface area contributed by atoms with Crippen LogP contribution < -0.4 is 19.5 Å². The molecule has 1 aliphatic heterocycles. The second kappa shape index (κ2) is 8.36. The summed E-state index contributed by atoms with van der Waals surface area (Å²) in [5.41, 5.74) is 1.40. The summed E-state index contributed by atoms with van der Waals surface area (Å²) < 4.78 is 39.0. The maximum atomic E-state index is 12.2. The van der Waals surface area contributed by atoms with Gasteiger partial charge in [0.25, 0.3) is 0 Å². The highest BCUT2D eigenvalue weighted by Gasteiger charge is 2.29. The molecule has 1 fully saturated rings. The highest BCUT2D eigenvalue weighted by Crippen LogP contribution is 2.41. The Morgan fingerprint density at radius 1 is 1.21 bits per heavy atom. The lowest BCUT2D eigenvalue weighted by Crippen LogP contribution is -2.36. The van der Waals surface area contributed by atoms with Crippen molar-refractivity contribution < 1.29 is 27.4 Å². The third-order valence-corrected chi connectivity index (χ3v) is 7.11. The Labute approximate surface area is 167 Å². The third-order valence-electron chi connectivity index (χ3n) is 4.40. The summed E-state index contributed by atoms with van der Waals surface area (Å²) in [7, 11) is 1.60. The van der Waals surface area contributed by atoms with Crippen molar-refractivity contribution in [2.24, 2.45) is 0 Å². The van der Waals surface area contributed by atoms with E-state index in [0.717, 1.165) is 5.56 Å². The van der Waals surface area contributed by atoms with Gasteiger partial charge in [-0.3, -0.25) is 4.79 Å². The molecule has 1 aliphatic rings. The smallest absolute Gasteiger partial charge is 0.226 e. The van der Waals surface area contributed by atoms with Gasteiger partial charge in [0.1, 0.15) is 5.01 Å². The monoisotopic (exact) mass is 426 g/mol. The number of hydrogen-bond acceptors (Lipinski definition) is 8. The van der Waals surface area contributed by atoms with Crippen LogP contribution in [-0.2, 0) is 21.1 Å². The Morgan fingerprint density at radius 3 is 2.43 bits per heavy atom. The van der Waals surface area contributed by atoms with Gasteiger partial charge >= 0.3 is 0 Å². The van der Waals surface area contributed by atoms with Crippen molar-refractivity contribution in [3.63, 3.8) is 0 Å². The molecular weight excluding hydrogens is 404 g/mol. The zero-order valence-electron chi connectivity index (χ0n) is 15.9. The molecule has 10 heteroatoms. The molecule has 2 aromatic rings. The van der Waals surface area contributed by atoms with Gasteiger partial charge in [-0.25, -0.2) is 13.4 Å². The first-order chi connectivity index (χ1) is 13.3. The molecule has 3 rings (SSSR count). The van der Waals surface area contributed by atoms with Gasteiger partial charge in [-0.05, 0) is 18.6 Å². The van der Waals surface area contributed by atoms with Crippen molar-refractivity contribution in [2.75, 3.05) is 32.8 Å². The van der Waals surface area contributed by atoms with Crippen molar-refractivity contribution in [3.05, 3.63) is 23.2 Å². The first-order valence-electron chi connectivity index (χ1n) is 8.59. The minimum absolute atomic E-state index is 0.00644. The van der Waals surface area contributed by atoms with Crippen LogP contribution in [0.15, 0.2) is 17.5 Å². The van der Waals surface area contributed by atoms with Crippen molar-refractivity contribution in [3.8, 4) is 27.8 Å². The molecule has 1 saturated heterocycles. The number of hydrogen-bond donors (Lipinski definition) is 1. The lowest BCUT2D eigenvalue weighted by Gasteiger charge is -2.13. The largest absolute Gasteiger partial charge is 0.493 e.